The molecule has 0 amide bonds. The summed E-state index contributed by atoms with van der Waals surface area (Å²) in [4.78, 5) is 2.53. The molecule has 2 aromatic rings. The van der Waals surface area contributed by atoms with Crippen molar-refractivity contribution in [1.82, 2.24) is 14.7 Å². The SMILES string of the molecule is COc1ccc([C@@]23CC[C@@H](n4cccn4)C[C@@H]2N(C)CC3)cc1OC. The maximum Gasteiger partial charge on any atom is 0.161 e. The van der Waals surface area contributed by atoms with Gasteiger partial charge < -0.3 is 14.4 Å². The second-order valence-electron chi connectivity index (χ2n) is 7.39. The molecular formula is C20H27N3O2. The van der Waals surface area contributed by atoms with E-state index in [0.29, 0.717) is 12.1 Å². The zero-order valence-electron chi connectivity index (χ0n) is 15.3. The van der Waals surface area contributed by atoms with Crippen molar-refractivity contribution in [3.63, 3.8) is 0 Å². The first-order valence-electron chi connectivity index (χ1n) is 9.10. The third kappa shape index (κ3) is 2.61. The van der Waals surface area contributed by atoms with Gasteiger partial charge in [-0.05, 0) is 63.0 Å². The Labute approximate surface area is 149 Å². The van der Waals surface area contributed by atoms with Crippen molar-refractivity contribution in [3.05, 3.63) is 42.2 Å². The number of ether oxygens (including phenoxy) is 2. The molecule has 1 saturated carbocycles. The molecule has 5 heteroatoms. The standard InChI is InChI=1S/C20H27N3O2/c1-22-12-9-20(15-5-6-17(24-2)18(13-15)25-3)8-7-16(14-19(20)22)23-11-4-10-21-23/h4-6,10-11,13,16,19H,7-9,12,14H2,1-3H3/t16-,19+,20+/m1/s1. The molecule has 1 aliphatic carbocycles. The molecule has 1 saturated heterocycles. The summed E-state index contributed by atoms with van der Waals surface area (Å²) in [6.07, 6.45) is 8.68. The van der Waals surface area contributed by atoms with E-state index in [1.54, 1.807) is 14.2 Å². The first kappa shape index (κ1) is 16.5. The molecule has 0 radical (unpaired) electrons. The molecule has 3 atom stereocenters. The molecular weight excluding hydrogens is 314 g/mol. The van der Waals surface area contributed by atoms with Crippen molar-refractivity contribution < 1.29 is 9.47 Å². The topological polar surface area (TPSA) is 39.5 Å². The smallest absolute Gasteiger partial charge is 0.161 e. The van der Waals surface area contributed by atoms with Crippen molar-refractivity contribution in [2.45, 2.75) is 43.2 Å². The highest BCUT2D eigenvalue weighted by molar-refractivity contribution is 5.46. The highest BCUT2D eigenvalue weighted by atomic mass is 16.5. The van der Waals surface area contributed by atoms with Crippen LogP contribution in [0.15, 0.2) is 36.7 Å². The lowest BCUT2D eigenvalue weighted by molar-refractivity contribution is 0.138. The summed E-state index contributed by atoms with van der Waals surface area (Å²) in [5.74, 6) is 1.63. The van der Waals surface area contributed by atoms with Crippen LogP contribution in [0.5, 0.6) is 11.5 Å². The van der Waals surface area contributed by atoms with E-state index in [9.17, 15) is 0 Å². The van der Waals surface area contributed by atoms with Crippen LogP contribution in [-0.4, -0.2) is 48.5 Å². The number of likely N-dealkylation sites (N-methyl/N-ethyl adjacent to an activating group) is 1. The van der Waals surface area contributed by atoms with Gasteiger partial charge in [0.05, 0.1) is 20.3 Å². The maximum absolute atomic E-state index is 5.57. The fraction of sp³-hybridized carbons (Fsp3) is 0.550. The molecule has 25 heavy (non-hydrogen) atoms. The summed E-state index contributed by atoms with van der Waals surface area (Å²) in [7, 11) is 5.67. The Morgan fingerprint density at radius 2 is 2.00 bits per heavy atom. The van der Waals surface area contributed by atoms with Crippen LogP contribution in [-0.2, 0) is 5.41 Å². The zero-order valence-corrected chi connectivity index (χ0v) is 15.3. The largest absolute Gasteiger partial charge is 0.493 e. The monoisotopic (exact) mass is 341 g/mol. The van der Waals surface area contributed by atoms with Gasteiger partial charge in [0, 0.05) is 23.9 Å². The molecule has 0 bridgehead atoms. The van der Waals surface area contributed by atoms with Crippen LogP contribution in [0.4, 0.5) is 0 Å². The molecule has 0 N–H and O–H groups in total. The summed E-state index contributed by atoms with van der Waals surface area (Å²) in [5.41, 5.74) is 1.59. The van der Waals surface area contributed by atoms with Gasteiger partial charge in [0.15, 0.2) is 11.5 Å². The van der Waals surface area contributed by atoms with E-state index >= 15 is 0 Å². The van der Waals surface area contributed by atoms with Crippen molar-refractivity contribution in [3.8, 4) is 11.5 Å². The number of hydrogen-bond acceptors (Lipinski definition) is 4. The summed E-state index contributed by atoms with van der Waals surface area (Å²) < 4.78 is 13.1. The number of nitrogens with zero attached hydrogens (tertiary/aromatic N) is 3. The van der Waals surface area contributed by atoms with Crippen LogP contribution in [0, 0.1) is 0 Å². The summed E-state index contributed by atoms with van der Waals surface area (Å²) >= 11 is 0. The Kier molecular flexibility index (Phi) is 4.20. The Morgan fingerprint density at radius 1 is 1.16 bits per heavy atom. The first-order chi connectivity index (χ1) is 12.2. The second kappa shape index (κ2) is 6.37. The van der Waals surface area contributed by atoms with Crippen LogP contribution in [0.1, 0.15) is 37.3 Å². The minimum Gasteiger partial charge on any atom is -0.493 e. The molecule has 0 unspecified atom stereocenters. The molecule has 1 aliphatic heterocycles. The highest BCUT2D eigenvalue weighted by Gasteiger charge is 2.50. The van der Waals surface area contributed by atoms with Gasteiger partial charge in [0.25, 0.3) is 0 Å². The van der Waals surface area contributed by atoms with Gasteiger partial charge in [0.2, 0.25) is 0 Å². The van der Waals surface area contributed by atoms with E-state index in [0.717, 1.165) is 24.5 Å². The van der Waals surface area contributed by atoms with Gasteiger partial charge in [0.1, 0.15) is 0 Å². The van der Waals surface area contributed by atoms with Crippen LogP contribution in [0.3, 0.4) is 0 Å². The number of hydrogen-bond donors (Lipinski definition) is 0. The van der Waals surface area contributed by atoms with E-state index < -0.39 is 0 Å². The Balaban J connectivity index is 1.68. The molecule has 2 heterocycles. The summed E-state index contributed by atoms with van der Waals surface area (Å²) in [6.45, 7) is 1.14. The average Bonchev–Trinajstić information content (AvgIpc) is 3.30. The molecule has 0 spiro atoms. The normalized spacial score (nSPS) is 29.4. The van der Waals surface area contributed by atoms with Crippen LogP contribution in [0.25, 0.3) is 0 Å². The number of likely N-dealkylation sites (tertiary alicyclic amines) is 1. The van der Waals surface area contributed by atoms with Gasteiger partial charge in [-0.1, -0.05) is 6.07 Å². The van der Waals surface area contributed by atoms with Crippen molar-refractivity contribution in [1.29, 1.82) is 0 Å². The number of fused-ring (bicyclic) bond motifs is 1. The predicted octanol–water partition coefficient (Wildman–Crippen LogP) is 3.27. The number of methoxy groups -OCH3 is 2. The predicted molar refractivity (Wildman–Crippen MR) is 97.4 cm³/mol. The lowest BCUT2D eigenvalue weighted by atomic mass is 9.65. The van der Waals surface area contributed by atoms with E-state index in [4.69, 9.17) is 9.47 Å². The van der Waals surface area contributed by atoms with Crippen LogP contribution in [0.2, 0.25) is 0 Å². The van der Waals surface area contributed by atoms with Gasteiger partial charge in [-0.2, -0.15) is 5.10 Å². The Hall–Kier alpha value is -2.01. The van der Waals surface area contributed by atoms with Crippen LogP contribution >= 0.6 is 0 Å². The molecule has 4 rings (SSSR count). The average molecular weight is 341 g/mol. The van der Waals surface area contributed by atoms with Crippen molar-refractivity contribution in [2.24, 2.45) is 0 Å². The second-order valence-corrected chi connectivity index (χ2v) is 7.39. The molecule has 2 aliphatic rings. The first-order valence-corrected chi connectivity index (χ1v) is 9.10. The lowest BCUT2D eigenvalue weighted by Gasteiger charge is -2.44. The van der Waals surface area contributed by atoms with E-state index in [1.807, 2.05) is 12.3 Å². The van der Waals surface area contributed by atoms with Gasteiger partial charge in [-0.15, -0.1) is 0 Å². The van der Waals surface area contributed by atoms with Crippen LogP contribution < -0.4 is 9.47 Å². The maximum atomic E-state index is 5.57. The Morgan fingerprint density at radius 3 is 2.72 bits per heavy atom. The molecule has 134 valence electrons. The fourth-order valence-corrected chi connectivity index (χ4v) is 4.98. The lowest BCUT2D eigenvalue weighted by Crippen LogP contribution is -2.46. The number of aromatic nitrogens is 2. The molecule has 1 aromatic heterocycles. The number of rotatable bonds is 4. The fourth-order valence-electron chi connectivity index (χ4n) is 4.98. The van der Waals surface area contributed by atoms with E-state index in [2.05, 4.69) is 46.1 Å². The third-order valence-electron chi connectivity index (χ3n) is 6.36. The van der Waals surface area contributed by atoms with Crippen molar-refractivity contribution >= 4 is 0 Å². The minimum atomic E-state index is 0.206. The zero-order chi connectivity index (χ0) is 17.4. The summed E-state index contributed by atoms with van der Waals surface area (Å²) in [5, 5.41) is 4.49. The molecule has 1 aromatic carbocycles. The van der Waals surface area contributed by atoms with Gasteiger partial charge >= 0.3 is 0 Å². The number of benzene rings is 1. The molecule has 2 fully saturated rings. The van der Waals surface area contributed by atoms with Crippen molar-refractivity contribution in [2.75, 3.05) is 27.8 Å². The van der Waals surface area contributed by atoms with Gasteiger partial charge in [-0.25, -0.2) is 0 Å². The Bertz CT molecular complexity index is 731. The third-order valence-corrected chi connectivity index (χ3v) is 6.36. The van der Waals surface area contributed by atoms with Gasteiger partial charge in [-0.3, -0.25) is 4.68 Å². The van der Waals surface area contributed by atoms with E-state index in [-0.39, 0.29) is 5.41 Å². The highest BCUT2D eigenvalue weighted by Crippen LogP contribution is 2.51. The summed E-state index contributed by atoms with van der Waals surface area (Å²) in [6, 6.07) is 9.54. The van der Waals surface area contributed by atoms with E-state index in [1.165, 1.54) is 24.8 Å². The molecule has 5 nitrogen and oxygen atoms in total. The quantitative estimate of drug-likeness (QED) is 0.856. The minimum absolute atomic E-state index is 0.206.